The number of hydrogen-bond donors (Lipinski definition) is 1. The Bertz CT molecular complexity index is 532. The number of thiocarbonyl (C=S) groups is 1. The van der Waals surface area contributed by atoms with Crippen molar-refractivity contribution < 1.29 is 4.79 Å². The Labute approximate surface area is 110 Å². The molecule has 96 valence electrons. The molecule has 5 nitrogen and oxygen atoms in total. The van der Waals surface area contributed by atoms with Crippen LogP contribution in [0.15, 0.2) is 23.1 Å². The average Bonchev–Trinajstić information content (AvgIpc) is 2.85. The summed E-state index contributed by atoms with van der Waals surface area (Å²) in [7, 11) is 0. The number of nitrogens with two attached hydrogens (primary N) is 1. The third kappa shape index (κ3) is 2.59. The zero-order chi connectivity index (χ0) is 13.1. The highest BCUT2D eigenvalue weighted by Gasteiger charge is 2.18. The van der Waals surface area contributed by atoms with E-state index in [1.807, 2.05) is 0 Å². The molecule has 0 spiro atoms. The van der Waals surface area contributed by atoms with Gasteiger partial charge in [0.25, 0.3) is 5.56 Å². The highest BCUT2D eigenvalue weighted by molar-refractivity contribution is 7.80. The topological polar surface area (TPSA) is 68.3 Å². The number of carbonyl (C=O) groups is 1. The quantitative estimate of drug-likeness (QED) is 0.787. The molecule has 0 aromatic carbocycles. The Balaban J connectivity index is 2.19. The van der Waals surface area contributed by atoms with Crippen LogP contribution in [0.2, 0.25) is 0 Å². The van der Waals surface area contributed by atoms with Crippen molar-refractivity contribution in [2.45, 2.75) is 19.4 Å². The lowest BCUT2D eigenvalue weighted by molar-refractivity contribution is -0.130. The maximum absolute atomic E-state index is 12.0. The molecule has 1 aliphatic heterocycles. The van der Waals surface area contributed by atoms with Crippen molar-refractivity contribution in [2.24, 2.45) is 5.73 Å². The largest absolute Gasteiger partial charge is 0.389 e. The minimum absolute atomic E-state index is 0.0327. The van der Waals surface area contributed by atoms with Crippen LogP contribution < -0.4 is 11.3 Å². The number of rotatable bonds is 3. The van der Waals surface area contributed by atoms with Crippen LogP contribution in [0, 0.1) is 0 Å². The van der Waals surface area contributed by atoms with Crippen molar-refractivity contribution in [2.75, 3.05) is 13.1 Å². The number of nitrogens with zero attached hydrogens (tertiary/aromatic N) is 2. The van der Waals surface area contributed by atoms with Gasteiger partial charge in [0.15, 0.2) is 0 Å². The van der Waals surface area contributed by atoms with Crippen LogP contribution in [0.3, 0.4) is 0 Å². The summed E-state index contributed by atoms with van der Waals surface area (Å²) < 4.78 is 1.36. The molecule has 2 heterocycles. The normalized spacial score (nSPS) is 14.8. The smallest absolute Gasteiger partial charge is 0.261 e. The molecular weight excluding hydrogens is 250 g/mol. The Hall–Kier alpha value is -1.69. The molecule has 1 aromatic rings. The van der Waals surface area contributed by atoms with Crippen molar-refractivity contribution in [3.8, 4) is 0 Å². The second kappa shape index (κ2) is 5.30. The summed E-state index contributed by atoms with van der Waals surface area (Å²) in [4.78, 5) is 25.8. The minimum atomic E-state index is -0.308. The number of hydrogen-bond acceptors (Lipinski definition) is 3. The van der Waals surface area contributed by atoms with E-state index in [2.05, 4.69) is 0 Å². The van der Waals surface area contributed by atoms with E-state index >= 15 is 0 Å². The van der Waals surface area contributed by atoms with Gasteiger partial charge in [0, 0.05) is 19.3 Å². The van der Waals surface area contributed by atoms with E-state index in [4.69, 9.17) is 18.0 Å². The van der Waals surface area contributed by atoms with Crippen LogP contribution in [0.1, 0.15) is 18.4 Å². The monoisotopic (exact) mass is 265 g/mol. The molecule has 2 N–H and O–H groups in total. The first-order chi connectivity index (χ1) is 8.59. The standard InChI is InChI=1S/C12H15N3O2S/c13-11(18)9-4-3-7-15(12(9)17)8-10(16)14-5-1-2-6-14/h3-4,7H,1-2,5-6,8H2,(H2,13,18). The second-order valence-corrected chi connectivity index (χ2v) is 4.75. The van der Waals surface area contributed by atoms with Crippen LogP contribution in [-0.4, -0.2) is 33.5 Å². The van der Waals surface area contributed by atoms with Gasteiger partial charge >= 0.3 is 0 Å². The van der Waals surface area contributed by atoms with Gasteiger partial charge in [-0.3, -0.25) is 9.59 Å². The fourth-order valence-electron chi connectivity index (χ4n) is 2.06. The summed E-state index contributed by atoms with van der Waals surface area (Å²) in [6.07, 6.45) is 3.65. The molecule has 0 unspecified atom stereocenters. The van der Waals surface area contributed by atoms with Gasteiger partial charge in [-0.05, 0) is 25.0 Å². The molecule has 1 aliphatic rings. The van der Waals surface area contributed by atoms with E-state index < -0.39 is 0 Å². The van der Waals surface area contributed by atoms with Gasteiger partial charge in [-0.15, -0.1) is 0 Å². The van der Waals surface area contributed by atoms with E-state index in [1.165, 1.54) is 4.57 Å². The average molecular weight is 265 g/mol. The molecule has 6 heteroatoms. The number of pyridine rings is 1. The third-order valence-corrected chi connectivity index (χ3v) is 3.27. The number of aromatic nitrogens is 1. The first-order valence-corrected chi connectivity index (χ1v) is 6.27. The fourth-order valence-corrected chi connectivity index (χ4v) is 2.22. The lowest BCUT2D eigenvalue weighted by Crippen LogP contribution is -2.36. The molecule has 0 radical (unpaired) electrons. The van der Waals surface area contributed by atoms with E-state index in [-0.39, 0.29) is 28.6 Å². The Morgan fingerprint density at radius 2 is 2.06 bits per heavy atom. The first-order valence-electron chi connectivity index (χ1n) is 5.86. The van der Waals surface area contributed by atoms with Gasteiger partial charge < -0.3 is 15.2 Å². The molecule has 1 aromatic heterocycles. The van der Waals surface area contributed by atoms with Crippen molar-refractivity contribution in [1.82, 2.24) is 9.47 Å². The Kier molecular flexibility index (Phi) is 3.76. The molecule has 1 amide bonds. The summed E-state index contributed by atoms with van der Waals surface area (Å²) in [5, 5.41) is 0. The predicted octanol–water partition coefficient (Wildman–Crippen LogP) is 0.105. The second-order valence-electron chi connectivity index (χ2n) is 4.31. The molecule has 18 heavy (non-hydrogen) atoms. The van der Waals surface area contributed by atoms with Gasteiger partial charge in [-0.25, -0.2) is 0 Å². The molecule has 1 fully saturated rings. The number of carbonyl (C=O) groups excluding carboxylic acids is 1. The van der Waals surface area contributed by atoms with E-state index in [0.717, 1.165) is 25.9 Å². The summed E-state index contributed by atoms with van der Waals surface area (Å²) in [5.41, 5.74) is 5.43. The summed E-state index contributed by atoms with van der Waals surface area (Å²) in [6, 6.07) is 3.24. The zero-order valence-electron chi connectivity index (χ0n) is 9.96. The maximum atomic E-state index is 12.0. The van der Waals surface area contributed by atoms with E-state index in [0.29, 0.717) is 0 Å². The van der Waals surface area contributed by atoms with Crippen LogP contribution in [0.5, 0.6) is 0 Å². The fraction of sp³-hybridized carbons (Fsp3) is 0.417. The molecule has 0 atom stereocenters. The van der Waals surface area contributed by atoms with E-state index in [9.17, 15) is 9.59 Å². The Morgan fingerprint density at radius 1 is 1.39 bits per heavy atom. The van der Waals surface area contributed by atoms with Gasteiger partial charge in [-0.2, -0.15) is 0 Å². The van der Waals surface area contributed by atoms with Crippen molar-refractivity contribution in [3.63, 3.8) is 0 Å². The van der Waals surface area contributed by atoms with Gasteiger partial charge in [0.1, 0.15) is 11.5 Å². The molecule has 0 bridgehead atoms. The first kappa shape index (κ1) is 12.8. The maximum Gasteiger partial charge on any atom is 0.261 e. The minimum Gasteiger partial charge on any atom is -0.389 e. The van der Waals surface area contributed by atoms with E-state index in [1.54, 1.807) is 23.2 Å². The zero-order valence-corrected chi connectivity index (χ0v) is 10.8. The van der Waals surface area contributed by atoms with Crippen molar-refractivity contribution >= 4 is 23.1 Å². The highest BCUT2D eigenvalue weighted by atomic mass is 32.1. The summed E-state index contributed by atoms with van der Waals surface area (Å²) in [5.74, 6) is -0.0327. The molecule has 0 saturated carbocycles. The lowest BCUT2D eigenvalue weighted by atomic mass is 10.3. The SMILES string of the molecule is NC(=S)c1cccn(CC(=O)N2CCCC2)c1=O. The molecule has 2 rings (SSSR count). The van der Waals surface area contributed by atoms with Crippen LogP contribution in [0.4, 0.5) is 0 Å². The summed E-state index contributed by atoms with van der Waals surface area (Å²) >= 11 is 4.80. The van der Waals surface area contributed by atoms with Crippen molar-refractivity contribution in [1.29, 1.82) is 0 Å². The van der Waals surface area contributed by atoms with Gasteiger partial charge in [0.05, 0.1) is 5.56 Å². The molecule has 1 saturated heterocycles. The number of likely N-dealkylation sites (tertiary alicyclic amines) is 1. The lowest BCUT2D eigenvalue weighted by Gasteiger charge is -2.16. The van der Waals surface area contributed by atoms with Crippen LogP contribution in [-0.2, 0) is 11.3 Å². The van der Waals surface area contributed by atoms with Gasteiger partial charge in [-0.1, -0.05) is 12.2 Å². The van der Waals surface area contributed by atoms with Crippen molar-refractivity contribution in [3.05, 3.63) is 34.2 Å². The van der Waals surface area contributed by atoms with Crippen LogP contribution >= 0.6 is 12.2 Å². The van der Waals surface area contributed by atoms with Gasteiger partial charge in [0.2, 0.25) is 5.91 Å². The van der Waals surface area contributed by atoms with Crippen LogP contribution in [0.25, 0.3) is 0 Å². The Morgan fingerprint density at radius 3 is 2.67 bits per heavy atom. The predicted molar refractivity (Wildman–Crippen MR) is 72.4 cm³/mol. The summed E-state index contributed by atoms with van der Waals surface area (Å²) in [6.45, 7) is 1.61. The highest BCUT2D eigenvalue weighted by Crippen LogP contribution is 2.07. The molecular formula is C12H15N3O2S. The molecule has 0 aliphatic carbocycles. The number of amides is 1. The third-order valence-electron chi connectivity index (χ3n) is 3.05.